The smallest absolute Gasteiger partial charge is 0.256 e. The lowest BCUT2D eigenvalue weighted by Crippen LogP contribution is -2.14. The van der Waals surface area contributed by atoms with Crippen LogP contribution in [-0.4, -0.2) is 20.6 Å². The van der Waals surface area contributed by atoms with E-state index in [2.05, 4.69) is 5.32 Å². The highest BCUT2D eigenvalue weighted by atomic mass is 35.5. The van der Waals surface area contributed by atoms with Crippen LogP contribution in [0.4, 0.5) is 5.69 Å². The highest BCUT2D eigenvalue weighted by Gasteiger charge is 2.15. The van der Waals surface area contributed by atoms with Crippen LogP contribution in [0.25, 0.3) is 0 Å². The quantitative estimate of drug-likeness (QED) is 0.903. The highest BCUT2D eigenvalue weighted by molar-refractivity contribution is 7.90. The third-order valence-electron chi connectivity index (χ3n) is 3.06. The third-order valence-corrected chi connectivity index (χ3v) is 4.72. The molecular weight excluding hydrogens is 345 g/mol. The number of benzene rings is 2. The predicted octanol–water partition coefficient (Wildman–Crippen LogP) is 3.96. The molecule has 0 aliphatic carbocycles. The Balaban J connectivity index is 2.37. The van der Waals surface area contributed by atoms with E-state index in [1.165, 1.54) is 18.2 Å². The van der Waals surface area contributed by atoms with Crippen molar-refractivity contribution in [1.82, 2.24) is 0 Å². The van der Waals surface area contributed by atoms with Crippen molar-refractivity contribution in [2.45, 2.75) is 11.8 Å². The van der Waals surface area contributed by atoms with Gasteiger partial charge in [0.25, 0.3) is 5.91 Å². The standard InChI is InChI=1S/C15H13Cl2NO3S/c1-9-3-5-11(22(2,20)21)8-12(9)15(19)18-14-6-4-10(16)7-13(14)17/h3-8H,1-2H3,(H,18,19). The number of hydrogen-bond acceptors (Lipinski definition) is 3. The van der Waals surface area contributed by atoms with Crippen LogP contribution in [0, 0.1) is 6.92 Å². The summed E-state index contributed by atoms with van der Waals surface area (Å²) in [5.41, 5.74) is 1.34. The van der Waals surface area contributed by atoms with Crippen molar-refractivity contribution in [1.29, 1.82) is 0 Å². The van der Waals surface area contributed by atoms with Crippen molar-refractivity contribution >= 4 is 44.6 Å². The Kier molecular flexibility index (Phi) is 4.80. The van der Waals surface area contributed by atoms with Crippen LogP contribution in [0.1, 0.15) is 15.9 Å². The van der Waals surface area contributed by atoms with Crippen molar-refractivity contribution in [3.63, 3.8) is 0 Å². The summed E-state index contributed by atoms with van der Waals surface area (Å²) in [6.45, 7) is 1.73. The number of halogens is 2. The molecule has 7 heteroatoms. The maximum atomic E-state index is 12.4. The minimum atomic E-state index is -3.39. The third kappa shape index (κ3) is 3.80. The zero-order chi connectivity index (χ0) is 16.5. The summed E-state index contributed by atoms with van der Waals surface area (Å²) >= 11 is 11.8. The predicted molar refractivity (Wildman–Crippen MR) is 88.7 cm³/mol. The number of nitrogens with one attached hydrogen (secondary N) is 1. The molecule has 0 bridgehead atoms. The van der Waals surface area contributed by atoms with Crippen LogP contribution in [0.2, 0.25) is 10.0 Å². The van der Waals surface area contributed by atoms with Gasteiger partial charge in [-0.1, -0.05) is 29.3 Å². The van der Waals surface area contributed by atoms with Gasteiger partial charge in [0.15, 0.2) is 9.84 Å². The van der Waals surface area contributed by atoms with E-state index >= 15 is 0 Å². The lowest BCUT2D eigenvalue weighted by atomic mass is 10.1. The molecular formula is C15H13Cl2NO3S. The summed E-state index contributed by atoms with van der Waals surface area (Å²) in [4.78, 5) is 12.4. The minimum Gasteiger partial charge on any atom is -0.321 e. The van der Waals surface area contributed by atoms with Gasteiger partial charge in [0.05, 0.1) is 15.6 Å². The number of aryl methyl sites for hydroxylation is 1. The van der Waals surface area contributed by atoms with Gasteiger partial charge in [0.1, 0.15) is 0 Å². The van der Waals surface area contributed by atoms with Gasteiger partial charge in [-0.15, -0.1) is 0 Å². The van der Waals surface area contributed by atoms with Gasteiger partial charge in [-0.3, -0.25) is 4.79 Å². The zero-order valence-electron chi connectivity index (χ0n) is 11.9. The molecule has 22 heavy (non-hydrogen) atoms. The topological polar surface area (TPSA) is 63.2 Å². The molecule has 0 aliphatic rings. The summed E-state index contributed by atoms with van der Waals surface area (Å²) in [5.74, 6) is -0.438. The van der Waals surface area contributed by atoms with Crippen LogP contribution < -0.4 is 5.32 Å². The summed E-state index contributed by atoms with van der Waals surface area (Å²) in [6.07, 6.45) is 1.09. The minimum absolute atomic E-state index is 0.0884. The molecule has 116 valence electrons. The number of anilines is 1. The van der Waals surface area contributed by atoms with E-state index in [0.717, 1.165) is 6.26 Å². The second kappa shape index (κ2) is 6.28. The van der Waals surface area contributed by atoms with Gasteiger partial charge in [0, 0.05) is 16.8 Å². The van der Waals surface area contributed by atoms with Gasteiger partial charge < -0.3 is 5.32 Å². The monoisotopic (exact) mass is 357 g/mol. The number of hydrogen-bond donors (Lipinski definition) is 1. The molecule has 4 nitrogen and oxygen atoms in total. The first-order valence-corrected chi connectivity index (χ1v) is 8.90. The van der Waals surface area contributed by atoms with E-state index in [1.807, 2.05) is 0 Å². The second-order valence-electron chi connectivity index (χ2n) is 4.83. The summed E-state index contributed by atoms with van der Waals surface area (Å²) in [5, 5.41) is 3.41. The second-order valence-corrected chi connectivity index (χ2v) is 7.69. The Hall–Kier alpha value is -1.56. The number of carbonyl (C=O) groups is 1. The number of amides is 1. The summed E-state index contributed by atoms with van der Waals surface area (Å²) in [6, 6.07) is 9.11. The molecule has 0 aromatic heterocycles. The molecule has 1 amide bonds. The first kappa shape index (κ1) is 16.8. The van der Waals surface area contributed by atoms with Crippen LogP contribution in [0.15, 0.2) is 41.3 Å². The van der Waals surface area contributed by atoms with Crippen molar-refractivity contribution in [2.24, 2.45) is 0 Å². The zero-order valence-corrected chi connectivity index (χ0v) is 14.2. The fraction of sp³-hybridized carbons (Fsp3) is 0.133. The fourth-order valence-electron chi connectivity index (χ4n) is 1.86. The molecule has 0 unspecified atom stereocenters. The molecule has 0 aliphatic heterocycles. The lowest BCUT2D eigenvalue weighted by Gasteiger charge is -2.10. The van der Waals surface area contributed by atoms with E-state index in [9.17, 15) is 13.2 Å². The lowest BCUT2D eigenvalue weighted by molar-refractivity contribution is 0.102. The van der Waals surface area contributed by atoms with Gasteiger partial charge in [-0.25, -0.2) is 8.42 Å². The largest absolute Gasteiger partial charge is 0.321 e. The molecule has 0 saturated carbocycles. The Morgan fingerprint density at radius 3 is 2.36 bits per heavy atom. The molecule has 0 fully saturated rings. The van der Waals surface area contributed by atoms with Gasteiger partial charge >= 0.3 is 0 Å². The maximum absolute atomic E-state index is 12.4. The fourth-order valence-corrected chi connectivity index (χ4v) is 2.96. The van der Waals surface area contributed by atoms with E-state index < -0.39 is 15.7 Å². The average Bonchev–Trinajstić information content (AvgIpc) is 2.41. The van der Waals surface area contributed by atoms with E-state index in [-0.39, 0.29) is 10.5 Å². The van der Waals surface area contributed by atoms with Crippen LogP contribution in [-0.2, 0) is 9.84 Å². The van der Waals surface area contributed by atoms with E-state index in [1.54, 1.807) is 25.1 Å². The van der Waals surface area contributed by atoms with Crippen molar-refractivity contribution in [3.05, 3.63) is 57.6 Å². The van der Waals surface area contributed by atoms with E-state index in [0.29, 0.717) is 21.3 Å². The number of carbonyl (C=O) groups excluding carboxylic acids is 1. The summed E-state index contributed by atoms with van der Waals surface area (Å²) in [7, 11) is -3.39. The Morgan fingerprint density at radius 1 is 1.09 bits per heavy atom. The Bertz CT molecular complexity index is 848. The Morgan fingerprint density at radius 2 is 1.77 bits per heavy atom. The van der Waals surface area contributed by atoms with Crippen LogP contribution in [0.3, 0.4) is 0 Å². The van der Waals surface area contributed by atoms with Crippen molar-refractivity contribution < 1.29 is 13.2 Å². The van der Waals surface area contributed by atoms with Crippen molar-refractivity contribution in [3.8, 4) is 0 Å². The van der Waals surface area contributed by atoms with Crippen LogP contribution >= 0.6 is 23.2 Å². The first-order valence-electron chi connectivity index (χ1n) is 6.25. The van der Waals surface area contributed by atoms with Gasteiger partial charge in [0.2, 0.25) is 0 Å². The molecule has 0 spiro atoms. The molecule has 0 atom stereocenters. The van der Waals surface area contributed by atoms with Crippen LogP contribution in [0.5, 0.6) is 0 Å². The first-order chi connectivity index (χ1) is 10.2. The molecule has 0 saturated heterocycles. The maximum Gasteiger partial charge on any atom is 0.256 e. The number of sulfone groups is 1. The van der Waals surface area contributed by atoms with Gasteiger partial charge in [-0.05, 0) is 42.8 Å². The molecule has 2 aromatic carbocycles. The molecule has 2 rings (SSSR count). The molecule has 0 radical (unpaired) electrons. The van der Waals surface area contributed by atoms with Crippen molar-refractivity contribution in [2.75, 3.05) is 11.6 Å². The van der Waals surface area contributed by atoms with Gasteiger partial charge in [-0.2, -0.15) is 0 Å². The number of rotatable bonds is 3. The Labute approximate surface area is 139 Å². The summed E-state index contributed by atoms with van der Waals surface area (Å²) < 4.78 is 23.2. The van der Waals surface area contributed by atoms with E-state index in [4.69, 9.17) is 23.2 Å². The molecule has 0 heterocycles. The average molecular weight is 358 g/mol. The SMILES string of the molecule is Cc1ccc(S(C)(=O)=O)cc1C(=O)Nc1ccc(Cl)cc1Cl. The molecule has 2 aromatic rings. The molecule has 1 N–H and O–H groups in total. The normalized spacial score (nSPS) is 11.3. The highest BCUT2D eigenvalue weighted by Crippen LogP contribution is 2.26.